The van der Waals surface area contributed by atoms with E-state index in [1.807, 2.05) is 0 Å². The lowest BCUT2D eigenvalue weighted by Crippen LogP contribution is -2.05. The summed E-state index contributed by atoms with van der Waals surface area (Å²) in [6, 6.07) is 0. The molecule has 0 atom stereocenters. The van der Waals surface area contributed by atoms with Crippen LogP contribution in [0.25, 0.3) is 0 Å². The molecule has 9 heavy (non-hydrogen) atoms. The van der Waals surface area contributed by atoms with Crippen molar-refractivity contribution in [2.75, 3.05) is 6.54 Å². The number of primary amides is 1. The number of hydrogen-bond acceptors (Lipinski definition) is 2. The molecule has 4 heteroatoms. The zero-order valence-electron chi connectivity index (χ0n) is 5.79. The van der Waals surface area contributed by atoms with Crippen LogP contribution in [0.3, 0.4) is 0 Å². The van der Waals surface area contributed by atoms with Crippen molar-refractivity contribution >= 4 is 6.09 Å². The second-order valence-corrected chi connectivity index (χ2v) is 1.97. The van der Waals surface area contributed by atoms with E-state index in [9.17, 15) is 0 Å². The van der Waals surface area contributed by atoms with Crippen molar-refractivity contribution in [3.05, 3.63) is 0 Å². The molecule has 0 saturated heterocycles. The maximum Gasteiger partial charge on any atom is 0.402 e. The van der Waals surface area contributed by atoms with E-state index in [0.717, 1.165) is 6.54 Å². The SMILES string of the molecule is CC(C)CN.NC(=O)O. The first-order valence-electron chi connectivity index (χ1n) is 2.69. The summed E-state index contributed by atoms with van der Waals surface area (Å²) in [5.74, 6) is 0.662. The van der Waals surface area contributed by atoms with Crippen molar-refractivity contribution in [3.8, 4) is 0 Å². The van der Waals surface area contributed by atoms with E-state index < -0.39 is 6.09 Å². The first kappa shape index (κ1) is 11.1. The molecule has 0 radical (unpaired) electrons. The van der Waals surface area contributed by atoms with Gasteiger partial charge in [0.1, 0.15) is 0 Å². The summed E-state index contributed by atoms with van der Waals surface area (Å²) in [5, 5.41) is 7.19. The summed E-state index contributed by atoms with van der Waals surface area (Å²) in [6.45, 7) is 5.00. The molecule has 0 bridgehead atoms. The van der Waals surface area contributed by atoms with Gasteiger partial charge in [0, 0.05) is 0 Å². The number of hydrogen-bond donors (Lipinski definition) is 3. The largest absolute Gasteiger partial charge is 0.465 e. The van der Waals surface area contributed by atoms with E-state index in [-0.39, 0.29) is 0 Å². The molecule has 0 aromatic rings. The summed E-state index contributed by atoms with van der Waals surface area (Å²) < 4.78 is 0. The minimum Gasteiger partial charge on any atom is -0.465 e. The zero-order chi connectivity index (χ0) is 7.86. The van der Waals surface area contributed by atoms with Gasteiger partial charge in [-0.15, -0.1) is 0 Å². The standard InChI is InChI=1S/C4H11N.CH3NO2/c1-4(2)3-5;2-1(3)4/h4H,3,5H2,1-2H3;2H2,(H,3,4). The van der Waals surface area contributed by atoms with E-state index in [1.54, 1.807) is 0 Å². The smallest absolute Gasteiger partial charge is 0.402 e. The third-order valence-electron chi connectivity index (χ3n) is 0.471. The van der Waals surface area contributed by atoms with E-state index in [2.05, 4.69) is 19.6 Å². The van der Waals surface area contributed by atoms with Gasteiger partial charge in [-0.2, -0.15) is 0 Å². The first-order valence-corrected chi connectivity index (χ1v) is 2.69. The molecule has 1 amide bonds. The van der Waals surface area contributed by atoms with Gasteiger partial charge in [-0.1, -0.05) is 13.8 Å². The third kappa shape index (κ3) is 131. The molecule has 0 spiro atoms. The fourth-order valence-corrected chi connectivity index (χ4v) is 0. The van der Waals surface area contributed by atoms with Gasteiger partial charge in [-0.25, -0.2) is 4.79 Å². The third-order valence-corrected chi connectivity index (χ3v) is 0.471. The van der Waals surface area contributed by atoms with Gasteiger partial charge < -0.3 is 16.6 Å². The van der Waals surface area contributed by atoms with Gasteiger partial charge in [-0.3, -0.25) is 0 Å². The Bertz CT molecular complexity index is 69.4. The lowest BCUT2D eigenvalue weighted by molar-refractivity contribution is 0.205. The predicted molar refractivity (Wildman–Crippen MR) is 36.1 cm³/mol. The molecule has 5 N–H and O–H groups in total. The first-order chi connectivity index (χ1) is 4.00. The van der Waals surface area contributed by atoms with Crippen LogP contribution in [0.5, 0.6) is 0 Å². The molecular formula is C5H14N2O2. The minimum absolute atomic E-state index is 0.662. The van der Waals surface area contributed by atoms with Crippen LogP contribution in [0.2, 0.25) is 0 Å². The fraction of sp³-hybridized carbons (Fsp3) is 0.800. The lowest BCUT2D eigenvalue weighted by Gasteiger charge is -1.91. The molecule has 0 saturated carbocycles. The van der Waals surface area contributed by atoms with Gasteiger partial charge in [0.05, 0.1) is 0 Å². The average Bonchev–Trinajstić information content (AvgIpc) is 1.65. The Morgan fingerprint density at radius 3 is 1.78 bits per heavy atom. The second-order valence-electron chi connectivity index (χ2n) is 1.97. The van der Waals surface area contributed by atoms with Crippen LogP contribution in [-0.4, -0.2) is 17.7 Å². The molecule has 0 fully saturated rings. The molecule has 0 rings (SSSR count). The Kier molecular flexibility index (Phi) is 8.90. The van der Waals surface area contributed by atoms with Crippen molar-refractivity contribution in [3.63, 3.8) is 0 Å². The van der Waals surface area contributed by atoms with Crippen LogP contribution >= 0.6 is 0 Å². The summed E-state index contributed by atoms with van der Waals surface area (Å²) >= 11 is 0. The van der Waals surface area contributed by atoms with Gasteiger partial charge in [-0.05, 0) is 12.5 Å². The molecule has 56 valence electrons. The van der Waals surface area contributed by atoms with Crippen LogP contribution in [0.15, 0.2) is 0 Å². The summed E-state index contributed by atoms with van der Waals surface area (Å²) in [4.78, 5) is 8.78. The molecule has 0 heterocycles. The normalized spacial score (nSPS) is 8.00. The Morgan fingerprint density at radius 1 is 1.67 bits per heavy atom. The maximum absolute atomic E-state index is 8.78. The van der Waals surface area contributed by atoms with Gasteiger partial charge >= 0.3 is 6.09 Å². The molecule has 0 unspecified atom stereocenters. The Hall–Kier alpha value is -0.770. The second kappa shape index (κ2) is 7.23. The number of nitrogens with two attached hydrogens (primary N) is 2. The number of carboxylic acid groups (broad SMARTS) is 1. The quantitative estimate of drug-likeness (QED) is 0.479. The molecule has 0 aliphatic heterocycles. The summed E-state index contributed by atoms with van der Waals surface area (Å²) in [6.07, 6.45) is -1.33. The molecular weight excluding hydrogens is 120 g/mol. The highest BCUT2D eigenvalue weighted by molar-refractivity contribution is 5.61. The van der Waals surface area contributed by atoms with Gasteiger partial charge in [0.25, 0.3) is 0 Å². The summed E-state index contributed by atoms with van der Waals surface area (Å²) in [7, 11) is 0. The van der Waals surface area contributed by atoms with E-state index in [1.165, 1.54) is 0 Å². The Labute approximate surface area is 54.8 Å². The zero-order valence-corrected chi connectivity index (χ0v) is 5.79. The molecule has 0 aromatic heterocycles. The molecule has 0 aromatic carbocycles. The highest BCUT2D eigenvalue weighted by Gasteiger charge is 1.80. The monoisotopic (exact) mass is 134 g/mol. The lowest BCUT2D eigenvalue weighted by atomic mass is 10.2. The maximum atomic E-state index is 8.78. The fourth-order valence-electron chi connectivity index (χ4n) is 0. The van der Waals surface area contributed by atoms with Crippen LogP contribution < -0.4 is 11.5 Å². The minimum atomic E-state index is -1.33. The van der Waals surface area contributed by atoms with Gasteiger partial charge in [0.15, 0.2) is 0 Å². The van der Waals surface area contributed by atoms with E-state index in [4.69, 9.17) is 15.6 Å². The van der Waals surface area contributed by atoms with E-state index in [0.29, 0.717) is 5.92 Å². The van der Waals surface area contributed by atoms with Crippen molar-refractivity contribution in [1.82, 2.24) is 0 Å². The molecule has 0 aliphatic carbocycles. The Morgan fingerprint density at radius 2 is 1.78 bits per heavy atom. The topological polar surface area (TPSA) is 89.3 Å². The summed E-state index contributed by atoms with van der Waals surface area (Å²) in [5.41, 5.74) is 9.20. The number of rotatable bonds is 1. The van der Waals surface area contributed by atoms with Crippen LogP contribution in [0, 0.1) is 5.92 Å². The van der Waals surface area contributed by atoms with Crippen LogP contribution in [-0.2, 0) is 0 Å². The van der Waals surface area contributed by atoms with Crippen molar-refractivity contribution in [1.29, 1.82) is 0 Å². The Balaban J connectivity index is 0. The van der Waals surface area contributed by atoms with Gasteiger partial charge in [0.2, 0.25) is 0 Å². The number of amides is 1. The number of carbonyl (C=O) groups is 1. The van der Waals surface area contributed by atoms with Crippen LogP contribution in [0.4, 0.5) is 4.79 Å². The highest BCUT2D eigenvalue weighted by Crippen LogP contribution is 1.81. The molecule has 4 nitrogen and oxygen atoms in total. The van der Waals surface area contributed by atoms with Crippen molar-refractivity contribution < 1.29 is 9.90 Å². The molecule has 0 aliphatic rings. The van der Waals surface area contributed by atoms with E-state index >= 15 is 0 Å². The predicted octanol–water partition coefficient (Wildman–Crippen LogP) is 0.224. The van der Waals surface area contributed by atoms with Crippen molar-refractivity contribution in [2.45, 2.75) is 13.8 Å². The average molecular weight is 134 g/mol. The van der Waals surface area contributed by atoms with Crippen molar-refractivity contribution in [2.24, 2.45) is 17.4 Å². The highest BCUT2D eigenvalue weighted by atomic mass is 16.4. The van der Waals surface area contributed by atoms with Crippen LogP contribution in [0.1, 0.15) is 13.8 Å².